The Labute approximate surface area is 203 Å². The highest BCUT2D eigenvalue weighted by Crippen LogP contribution is 2.25. The zero-order valence-corrected chi connectivity index (χ0v) is 21.0. The molecule has 0 fully saturated rings. The Hall–Kier alpha value is -2.72. The summed E-state index contributed by atoms with van der Waals surface area (Å²) >= 11 is 5.80. The molecule has 7 nitrogen and oxygen atoms in total. The van der Waals surface area contributed by atoms with Gasteiger partial charge in [-0.3, -0.25) is 13.9 Å². The molecule has 0 aliphatic carbocycles. The van der Waals surface area contributed by atoms with Gasteiger partial charge in [-0.1, -0.05) is 37.6 Å². The summed E-state index contributed by atoms with van der Waals surface area (Å²) in [5.74, 6) is -2.11. The minimum Gasteiger partial charge on any atom is -0.354 e. The third kappa shape index (κ3) is 7.66. The zero-order chi connectivity index (χ0) is 25.6. The van der Waals surface area contributed by atoms with Crippen molar-refractivity contribution in [1.29, 1.82) is 0 Å². The van der Waals surface area contributed by atoms with E-state index in [-0.39, 0.29) is 23.2 Å². The van der Waals surface area contributed by atoms with Gasteiger partial charge in [-0.25, -0.2) is 17.2 Å². The Bertz CT molecular complexity index is 1130. The Balaban J connectivity index is 2.37. The smallest absolute Gasteiger partial charge is 0.244 e. The second-order valence-corrected chi connectivity index (χ2v) is 10.6. The first-order valence-electron chi connectivity index (χ1n) is 10.5. The number of nitrogens with zero attached hydrogens (tertiary/aromatic N) is 2. The molecule has 0 bridgehead atoms. The average Bonchev–Trinajstić information content (AvgIpc) is 2.76. The highest BCUT2D eigenvalue weighted by Gasteiger charge is 2.30. The maximum Gasteiger partial charge on any atom is 0.244 e. The molecule has 0 unspecified atom stereocenters. The lowest BCUT2D eigenvalue weighted by molar-refractivity contribution is -0.139. The van der Waals surface area contributed by atoms with Crippen molar-refractivity contribution in [2.75, 3.05) is 23.7 Å². The number of rotatable bonds is 10. The van der Waals surface area contributed by atoms with Crippen LogP contribution in [0.25, 0.3) is 0 Å². The van der Waals surface area contributed by atoms with Crippen molar-refractivity contribution in [1.82, 2.24) is 10.2 Å². The fourth-order valence-electron chi connectivity index (χ4n) is 3.08. The predicted octanol–water partition coefficient (Wildman–Crippen LogP) is 3.57. The molecule has 2 rings (SSSR count). The largest absolute Gasteiger partial charge is 0.354 e. The van der Waals surface area contributed by atoms with Gasteiger partial charge in [0.2, 0.25) is 21.8 Å². The topological polar surface area (TPSA) is 86.8 Å². The van der Waals surface area contributed by atoms with Gasteiger partial charge in [0.05, 0.1) is 17.0 Å². The van der Waals surface area contributed by atoms with Crippen LogP contribution in [0.15, 0.2) is 42.5 Å². The number of nitrogens with one attached hydrogen (secondary N) is 1. The van der Waals surface area contributed by atoms with Crippen molar-refractivity contribution < 1.29 is 26.8 Å². The van der Waals surface area contributed by atoms with Crippen molar-refractivity contribution >= 4 is 39.1 Å². The molecule has 34 heavy (non-hydrogen) atoms. The Morgan fingerprint density at radius 2 is 1.68 bits per heavy atom. The van der Waals surface area contributed by atoms with Crippen LogP contribution in [0.1, 0.15) is 26.3 Å². The Morgan fingerprint density at radius 1 is 1.06 bits per heavy atom. The summed E-state index contributed by atoms with van der Waals surface area (Å²) in [6, 6.07) is 7.75. The number of amides is 2. The van der Waals surface area contributed by atoms with E-state index in [0.717, 1.165) is 22.7 Å². The predicted molar refractivity (Wildman–Crippen MR) is 128 cm³/mol. The number of carbonyl (C=O) groups is 2. The van der Waals surface area contributed by atoms with Crippen LogP contribution in [0.5, 0.6) is 0 Å². The summed E-state index contributed by atoms with van der Waals surface area (Å²) in [7, 11) is -3.97. The number of halogens is 3. The number of anilines is 1. The first-order chi connectivity index (χ1) is 15.8. The maximum atomic E-state index is 13.6. The molecule has 0 saturated carbocycles. The van der Waals surface area contributed by atoms with E-state index in [0.29, 0.717) is 12.1 Å². The number of hydrogen-bond acceptors (Lipinski definition) is 4. The first kappa shape index (κ1) is 27.5. The average molecular weight is 516 g/mol. The van der Waals surface area contributed by atoms with E-state index < -0.39 is 46.1 Å². The summed E-state index contributed by atoms with van der Waals surface area (Å²) in [5.41, 5.74) is 0.551. The molecule has 1 N–H and O–H groups in total. The van der Waals surface area contributed by atoms with Crippen LogP contribution < -0.4 is 9.62 Å². The molecule has 0 saturated heterocycles. The second-order valence-electron chi connectivity index (χ2n) is 8.33. The molecular weight excluding hydrogens is 488 g/mol. The van der Waals surface area contributed by atoms with E-state index >= 15 is 0 Å². The van der Waals surface area contributed by atoms with Gasteiger partial charge in [-0.2, -0.15) is 0 Å². The fraction of sp³-hybridized carbons (Fsp3) is 0.391. The summed E-state index contributed by atoms with van der Waals surface area (Å²) in [6.45, 7) is 5.05. The van der Waals surface area contributed by atoms with Crippen LogP contribution in [0, 0.1) is 17.6 Å². The molecule has 186 valence electrons. The van der Waals surface area contributed by atoms with Gasteiger partial charge in [0, 0.05) is 13.1 Å². The first-order valence-corrected chi connectivity index (χ1v) is 12.8. The second kappa shape index (κ2) is 11.6. The molecule has 11 heteroatoms. The monoisotopic (exact) mass is 515 g/mol. The lowest BCUT2D eigenvalue weighted by atomic mass is 10.1. The number of carbonyl (C=O) groups excluding carboxylic acids is 2. The van der Waals surface area contributed by atoms with E-state index in [1.54, 1.807) is 0 Å². The minimum absolute atomic E-state index is 0.000828. The quantitative estimate of drug-likeness (QED) is 0.524. The molecular formula is C23H28ClF2N3O4S. The summed E-state index contributed by atoms with van der Waals surface area (Å²) in [4.78, 5) is 27.3. The van der Waals surface area contributed by atoms with Crippen molar-refractivity contribution in [2.24, 2.45) is 5.92 Å². The minimum atomic E-state index is -3.97. The van der Waals surface area contributed by atoms with Crippen LogP contribution in [-0.4, -0.2) is 50.5 Å². The van der Waals surface area contributed by atoms with E-state index in [2.05, 4.69) is 5.32 Å². The standard InChI is InChI=1S/C23H28ClF2N3O4S/c1-15(2)12-27-23(31)16(3)28(13-17-5-7-18(25)8-6-17)22(30)14-29(34(4,32)33)19-9-10-21(26)20(24)11-19/h5-11,15-16H,12-14H2,1-4H3,(H,27,31)/t16-/m1/s1. The van der Waals surface area contributed by atoms with Gasteiger partial charge < -0.3 is 10.2 Å². The number of sulfonamides is 1. The van der Waals surface area contributed by atoms with Crippen molar-refractivity contribution in [3.63, 3.8) is 0 Å². The molecule has 0 heterocycles. The van der Waals surface area contributed by atoms with Crippen molar-refractivity contribution in [3.8, 4) is 0 Å². The maximum absolute atomic E-state index is 13.6. The van der Waals surface area contributed by atoms with Crippen LogP contribution in [0.2, 0.25) is 5.02 Å². The van der Waals surface area contributed by atoms with Crippen LogP contribution in [-0.2, 0) is 26.2 Å². The number of benzene rings is 2. The van der Waals surface area contributed by atoms with Crippen molar-refractivity contribution in [2.45, 2.75) is 33.4 Å². The third-order valence-electron chi connectivity index (χ3n) is 4.99. The lowest BCUT2D eigenvalue weighted by Crippen LogP contribution is -2.51. The van der Waals surface area contributed by atoms with Gasteiger partial charge in [0.25, 0.3) is 0 Å². The molecule has 0 aliphatic heterocycles. The molecule has 0 radical (unpaired) electrons. The molecule has 2 aromatic rings. The fourth-order valence-corrected chi connectivity index (χ4v) is 4.09. The van der Waals surface area contributed by atoms with Gasteiger partial charge in [0.15, 0.2) is 0 Å². The van der Waals surface area contributed by atoms with Gasteiger partial charge in [-0.05, 0) is 48.7 Å². The molecule has 2 aromatic carbocycles. The molecule has 0 spiro atoms. The highest BCUT2D eigenvalue weighted by molar-refractivity contribution is 7.92. The number of hydrogen-bond donors (Lipinski definition) is 1. The molecule has 0 aliphatic rings. The van der Waals surface area contributed by atoms with E-state index in [4.69, 9.17) is 11.6 Å². The summed E-state index contributed by atoms with van der Waals surface area (Å²) in [5, 5.41) is 2.45. The van der Waals surface area contributed by atoms with Gasteiger partial charge in [0.1, 0.15) is 24.2 Å². The normalized spacial score (nSPS) is 12.4. The SMILES string of the molecule is CC(C)CNC(=O)[C@@H](C)N(Cc1ccc(F)cc1)C(=O)CN(c1ccc(F)c(Cl)c1)S(C)(=O)=O. The van der Waals surface area contributed by atoms with Crippen LogP contribution >= 0.6 is 11.6 Å². The van der Waals surface area contributed by atoms with E-state index in [9.17, 15) is 26.8 Å². The Morgan fingerprint density at radius 3 is 2.21 bits per heavy atom. The lowest BCUT2D eigenvalue weighted by Gasteiger charge is -2.31. The zero-order valence-electron chi connectivity index (χ0n) is 19.4. The van der Waals surface area contributed by atoms with E-state index in [1.165, 1.54) is 42.2 Å². The molecule has 0 aromatic heterocycles. The molecule has 1 atom stereocenters. The van der Waals surface area contributed by atoms with Crippen LogP contribution in [0.3, 0.4) is 0 Å². The molecule has 2 amide bonds. The Kier molecular flexibility index (Phi) is 9.40. The van der Waals surface area contributed by atoms with E-state index in [1.807, 2.05) is 13.8 Å². The summed E-state index contributed by atoms with van der Waals surface area (Å²) in [6.07, 6.45) is 0.903. The highest BCUT2D eigenvalue weighted by atomic mass is 35.5. The third-order valence-corrected chi connectivity index (χ3v) is 6.42. The summed E-state index contributed by atoms with van der Waals surface area (Å²) < 4.78 is 52.6. The van der Waals surface area contributed by atoms with Crippen LogP contribution in [0.4, 0.5) is 14.5 Å². The van der Waals surface area contributed by atoms with Gasteiger partial charge in [-0.15, -0.1) is 0 Å². The van der Waals surface area contributed by atoms with Crippen molar-refractivity contribution in [3.05, 3.63) is 64.7 Å². The van der Waals surface area contributed by atoms with Gasteiger partial charge >= 0.3 is 0 Å².